The molecular weight excluding hydrogens is 140 g/mol. The fourth-order valence-corrected chi connectivity index (χ4v) is 1.18. The molecule has 2 heteroatoms. The van der Waals surface area contributed by atoms with Crippen molar-refractivity contribution in [2.24, 2.45) is 5.92 Å². The van der Waals surface area contributed by atoms with Crippen LogP contribution in [0.4, 0.5) is 0 Å². The lowest BCUT2D eigenvalue weighted by molar-refractivity contribution is 0.239. The first-order chi connectivity index (χ1) is 5.29. The first kappa shape index (κ1) is 8.58. The smallest absolute Gasteiger partial charge is 0.107 e. The summed E-state index contributed by atoms with van der Waals surface area (Å²) in [4.78, 5) is 0. The van der Waals surface area contributed by atoms with E-state index >= 15 is 0 Å². The summed E-state index contributed by atoms with van der Waals surface area (Å²) in [5, 5.41) is 8.69. The Hall–Kier alpha value is -0.520. The van der Waals surface area contributed by atoms with Gasteiger partial charge in [0.1, 0.15) is 6.10 Å². The molecule has 1 aliphatic rings. The van der Waals surface area contributed by atoms with E-state index in [2.05, 4.69) is 18.8 Å². The molecule has 1 rings (SSSR count). The van der Waals surface area contributed by atoms with Crippen LogP contribution >= 0.6 is 0 Å². The SMILES string of the molecule is CC#CC[C@@H](C)[C@H]1O[C@H]1CO. The lowest BCUT2D eigenvalue weighted by atomic mass is 10.0. The second-order valence-electron chi connectivity index (χ2n) is 2.93. The molecule has 0 radical (unpaired) electrons. The van der Waals surface area contributed by atoms with E-state index in [4.69, 9.17) is 9.84 Å². The van der Waals surface area contributed by atoms with Crippen LogP contribution in [-0.4, -0.2) is 23.9 Å². The first-order valence-corrected chi connectivity index (χ1v) is 3.95. The molecule has 1 aliphatic heterocycles. The van der Waals surface area contributed by atoms with Gasteiger partial charge < -0.3 is 9.84 Å². The summed E-state index contributed by atoms with van der Waals surface area (Å²) in [5.74, 6) is 6.31. The van der Waals surface area contributed by atoms with Crippen LogP contribution in [0.1, 0.15) is 20.3 Å². The number of ether oxygens (including phenoxy) is 1. The van der Waals surface area contributed by atoms with Crippen molar-refractivity contribution in [3.63, 3.8) is 0 Å². The lowest BCUT2D eigenvalue weighted by Gasteiger charge is -2.00. The Balaban J connectivity index is 2.20. The predicted molar refractivity (Wildman–Crippen MR) is 43.0 cm³/mol. The summed E-state index contributed by atoms with van der Waals surface area (Å²) in [7, 11) is 0. The van der Waals surface area contributed by atoms with Gasteiger partial charge in [-0.2, -0.15) is 0 Å². The van der Waals surface area contributed by atoms with E-state index in [0.717, 1.165) is 6.42 Å². The highest BCUT2D eigenvalue weighted by Gasteiger charge is 2.41. The number of rotatable bonds is 3. The van der Waals surface area contributed by atoms with E-state index in [0.29, 0.717) is 5.92 Å². The van der Waals surface area contributed by atoms with Crippen LogP contribution in [0.5, 0.6) is 0 Å². The third-order valence-electron chi connectivity index (χ3n) is 1.96. The van der Waals surface area contributed by atoms with E-state index in [1.165, 1.54) is 0 Å². The van der Waals surface area contributed by atoms with Gasteiger partial charge >= 0.3 is 0 Å². The molecule has 0 spiro atoms. The Labute approximate surface area is 67.6 Å². The van der Waals surface area contributed by atoms with Crippen LogP contribution in [0.2, 0.25) is 0 Å². The van der Waals surface area contributed by atoms with E-state index in [9.17, 15) is 0 Å². The van der Waals surface area contributed by atoms with Crippen LogP contribution in [0.15, 0.2) is 0 Å². The molecule has 1 saturated heterocycles. The Morgan fingerprint density at radius 2 is 2.36 bits per heavy atom. The van der Waals surface area contributed by atoms with Crippen LogP contribution in [0, 0.1) is 17.8 Å². The summed E-state index contributed by atoms with van der Waals surface area (Å²) in [5.41, 5.74) is 0. The zero-order chi connectivity index (χ0) is 8.27. The van der Waals surface area contributed by atoms with Gasteiger partial charge in [0.15, 0.2) is 0 Å². The second kappa shape index (κ2) is 3.75. The average Bonchev–Trinajstić information content (AvgIpc) is 2.78. The van der Waals surface area contributed by atoms with Crippen LogP contribution < -0.4 is 0 Å². The Morgan fingerprint density at radius 3 is 2.82 bits per heavy atom. The molecule has 1 N–H and O–H groups in total. The lowest BCUT2D eigenvalue weighted by Crippen LogP contribution is -2.08. The third kappa shape index (κ3) is 2.21. The minimum absolute atomic E-state index is 0.0867. The fourth-order valence-electron chi connectivity index (χ4n) is 1.18. The molecule has 62 valence electrons. The van der Waals surface area contributed by atoms with E-state index in [1.54, 1.807) is 0 Å². The number of hydrogen-bond donors (Lipinski definition) is 1. The summed E-state index contributed by atoms with van der Waals surface area (Å²) < 4.78 is 5.21. The zero-order valence-corrected chi connectivity index (χ0v) is 7.00. The largest absolute Gasteiger partial charge is 0.394 e. The predicted octanol–water partition coefficient (Wildman–Crippen LogP) is 0.796. The van der Waals surface area contributed by atoms with Crippen LogP contribution in [-0.2, 0) is 4.74 Å². The van der Waals surface area contributed by atoms with Crippen molar-refractivity contribution in [2.75, 3.05) is 6.61 Å². The quantitative estimate of drug-likeness (QED) is 0.481. The molecule has 0 aliphatic carbocycles. The Kier molecular flexibility index (Phi) is 2.92. The van der Waals surface area contributed by atoms with Gasteiger partial charge in [0.2, 0.25) is 0 Å². The maximum Gasteiger partial charge on any atom is 0.107 e. The minimum atomic E-state index is 0.0867. The van der Waals surface area contributed by atoms with E-state index in [1.807, 2.05) is 6.92 Å². The molecular formula is C9H14O2. The first-order valence-electron chi connectivity index (χ1n) is 3.95. The van der Waals surface area contributed by atoms with Crippen molar-refractivity contribution in [3.05, 3.63) is 0 Å². The van der Waals surface area contributed by atoms with Gasteiger partial charge in [-0.05, 0) is 12.8 Å². The monoisotopic (exact) mass is 154 g/mol. The van der Waals surface area contributed by atoms with Crippen molar-refractivity contribution in [1.82, 2.24) is 0 Å². The van der Waals surface area contributed by atoms with Gasteiger partial charge in [0.25, 0.3) is 0 Å². The third-order valence-corrected chi connectivity index (χ3v) is 1.96. The standard InChI is InChI=1S/C9H14O2/c1-3-4-5-7(2)9-8(6-10)11-9/h7-10H,5-6H2,1-2H3/t7-,8+,9-/m1/s1. The van der Waals surface area contributed by atoms with E-state index in [-0.39, 0.29) is 18.8 Å². The van der Waals surface area contributed by atoms with Crippen molar-refractivity contribution in [1.29, 1.82) is 0 Å². The molecule has 0 aromatic heterocycles. The summed E-state index contributed by atoms with van der Waals surface area (Å²) in [6.45, 7) is 4.09. The van der Waals surface area contributed by atoms with Crippen molar-refractivity contribution in [2.45, 2.75) is 32.5 Å². The molecule has 1 fully saturated rings. The maximum absolute atomic E-state index is 8.69. The topological polar surface area (TPSA) is 32.8 Å². The van der Waals surface area contributed by atoms with E-state index < -0.39 is 0 Å². The van der Waals surface area contributed by atoms with Gasteiger partial charge in [0, 0.05) is 6.42 Å². The highest BCUT2D eigenvalue weighted by atomic mass is 16.6. The van der Waals surface area contributed by atoms with Gasteiger partial charge in [-0.1, -0.05) is 6.92 Å². The molecule has 3 atom stereocenters. The van der Waals surface area contributed by atoms with Crippen molar-refractivity contribution < 1.29 is 9.84 Å². The number of epoxide rings is 1. The van der Waals surface area contributed by atoms with Gasteiger partial charge in [0.05, 0.1) is 12.7 Å². The maximum atomic E-state index is 8.69. The fraction of sp³-hybridized carbons (Fsp3) is 0.778. The molecule has 0 saturated carbocycles. The molecule has 1 heterocycles. The molecule has 0 unspecified atom stereocenters. The molecule has 0 aromatic carbocycles. The normalized spacial score (nSPS) is 30.5. The summed E-state index contributed by atoms with van der Waals surface area (Å²) in [6.07, 6.45) is 1.21. The van der Waals surface area contributed by atoms with Crippen molar-refractivity contribution >= 4 is 0 Å². The number of hydrogen-bond acceptors (Lipinski definition) is 2. The van der Waals surface area contributed by atoms with Crippen LogP contribution in [0.25, 0.3) is 0 Å². The van der Waals surface area contributed by atoms with Crippen molar-refractivity contribution in [3.8, 4) is 11.8 Å². The highest BCUT2D eigenvalue weighted by molar-refractivity contribution is 5.00. The number of aliphatic hydroxyl groups is 1. The molecule has 11 heavy (non-hydrogen) atoms. The van der Waals surface area contributed by atoms with Gasteiger partial charge in [-0.15, -0.1) is 11.8 Å². The average molecular weight is 154 g/mol. The Morgan fingerprint density at radius 1 is 1.64 bits per heavy atom. The molecule has 2 nitrogen and oxygen atoms in total. The highest BCUT2D eigenvalue weighted by Crippen LogP contribution is 2.30. The second-order valence-corrected chi connectivity index (χ2v) is 2.93. The summed E-state index contributed by atoms with van der Waals surface area (Å²) in [6, 6.07) is 0. The molecule has 0 amide bonds. The number of aliphatic hydroxyl groups excluding tert-OH is 1. The van der Waals surface area contributed by atoms with Gasteiger partial charge in [-0.3, -0.25) is 0 Å². The zero-order valence-electron chi connectivity index (χ0n) is 7.00. The Bertz CT molecular complexity index is 178. The van der Waals surface area contributed by atoms with Gasteiger partial charge in [-0.25, -0.2) is 0 Å². The van der Waals surface area contributed by atoms with Crippen LogP contribution in [0.3, 0.4) is 0 Å². The molecule has 0 aromatic rings. The summed E-state index contributed by atoms with van der Waals surface area (Å²) >= 11 is 0. The molecule has 0 bridgehead atoms. The minimum Gasteiger partial charge on any atom is -0.394 e.